The van der Waals surface area contributed by atoms with Gasteiger partial charge in [0.2, 0.25) is 0 Å². The van der Waals surface area contributed by atoms with Crippen LogP contribution in [0.5, 0.6) is 0 Å². The van der Waals surface area contributed by atoms with Crippen molar-refractivity contribution < 1.29 is 4.79 Å². The molecule has 0 bridgehead atoms. The Kier molecular flexibility index (Phi) is 4.22. The first-order chi connectivity index (χ1) is 14.3. The molecule has 5 rings (SSSR count). The maximum absolute atomic E-state index is 12.7. The fraction of sp³-hybridized carbons (Fsp3) is 0. The van der Waals surface area contributed by atoms with Gasteiger partial charge in [-0.05, 0) is 12.1 Å². The Hall–Kier alpha value is -4.05. The number of anilines is 1. The minimum absolute atomic E-state index is 0.331. The van der Waals surface area contributed by atoms with Crippen LogP contribution in [0.15, 0.2) is 67.2 Å². The Morgan fingerprint density at radius 3 is 2.72 bits per heavy atom. The predicted octanol–water partition coefficient (Wildman–Crippen LogP) is 2.98. The van der Waals surface area contributed by atoms with Crippen LogP contribution in [0.2, 0.25) is 0 Å². The largest absolute Gasteiger partial charge is 0.296 e. The third-order valence-corrected chi connectivity index (χ3v) is 4.94. The molecule has 0 unspecified atom stereocenters. The predicted molar refractivity (Wildman–Crippen MR) is 108 cm³/mol. The summed E-state index contributed by atoms with van der Waals surface area (Å²) in [5.41, 5.74) is 3.18. The van der Waals surface area contributed by atoms with Gasteiger partial charge in [-0.1, -0.05) is 6.07 Å². The van der Waals surface area contributed by atoms with Crippen molar-refractivity contribution in [2.45, 2.75) is 0 Å². The van der Waals surface area contributed by atoms with E-state index < -0.39 is 0 Å². The minimum atomic E-state index is -0.331. The Balaban J connectivity index is 1.39. The summed E-state index contributed by atoms with van der Waals surface area (Å²) in [4.78, 5) is 37.9. The topological polar surface area (TPSA) is 111 Å². The summed E-state index contributed by atoms with van der Waals surface area (Å²) in [6.45, 7) is 0. The highest BCUT2D eigenvalue weighted by molar-refractivity contribution is 7.14. The number of rotatable bonds is 4. The van der Waals surface area contributed by atoms with Gasteiger partial charge >= 0.3 is 0 Å². The molecule has 0 spiro atoms. The molecule has 140 valence electrons. The number of pyridine rings is 2. The number of imidazole rings is 1. The first kappa shape index (κ1) is 17.1. The lowest BCUT2D eigenvalue weighted by molar-refractivity contribution is 0.102. The van der Waals surface area contributed by atoms with Gasteiger partial charge in [0.25, 0.3) is 5.91 Å². The van der Waals surface area contributed by atoms with Crippen molar-refractivity contribution >= 4 is 33.3 Å². The van der Waals surface area contributed by atoms with Gasteiger partial charge in [0.15, 0.2) is 5.13 Å². The molecule has 0 aliphatic carbocycles. The number of fused-ring (bicyclic) bond motifs is 1. The van der Waals surface area contributed by atoms with Crippen molar-refractivity contribution in [1.82, 2.24) is 34.5 Å². The summed E-state index contributed by atoms with van der Waals surface area (Å²) in [6.07, 6.45) is 11.1. The monoisotopic (exact) mass is 400 g/mol. The molecule has 5 aromatic rings. The second-order valence-electron chi connectivity index (χ2n) is 6.00. The van der Waals surface area contributed by atoms with Gasteiger partial charge in [-0.25, -0.2) is 24.9 Å². The van der Waals surface area contributed by atoms with E-state index in [-0.39, 0.29) is 5.91 Å². The van der Waals surface area contributed by atoms with Crippen LogP contribution in [0, 0.1) is 0 Å². The lowest BCUT2D eigenvalue weighted by atomic mass is 10.2. The van der Waals surface area contributed by atoms with E-state index in [0.717, 1.165) is 10.9 Å². The van der Waals surface area contributed by atoms with Gasteiger partial charge in [0.05, 0.1) is 48.0 Å². The fourth-order valence-electron chi connectivity index (χ4n) is 2.80. The van der Waals surface area contributed by atoms with Gasteiger partial charge < -0.3 is 0 Å². The van der Waals surface area contributed by atoms with Gasteiger partial charge in [-0.15, -0.1) is 11.3 Å². The zero-order valence-electron chi connectivity index (χ0n) is 14.8. The lowest BCUT2D eigenvalue weighted by Gasteiger charge is -2.06. The molecule has 0 radical (unpaired) electrons. The molecule has 5 heterocycles. The zero-order chi connectivity index (χ0) is 19.6. The molecule has 1 amide bonds. The highest BCUT2D eigenvalue weighted by Gasteiger charge is 2.16. The van der Waals surface area contributed by atoms with E-state index in [0.29, 0.717) is 27.9 Å². The zero-order valence-corrected chi connectivity index (χ0v) is 15.6. The molecule has 29 heavy (non-hydrogen) atoms. The number of carbonyl (C=O) groups excluding carboxylic acids is 1. The quantitative estimate of drug-likeness (QED) is 0.493. The fourth-order valence-corrected chi connectivity index (χ4v) is 3.50. The van der Waals surface area contributed by atoms with Crippen molar-refractivity contribution in [1.29, 1.82) is 0 Å². The molecule has 0 fully saturated rings. The highest BCUT2D eigenvalue weighted by atomic mass is 32.1. The van der Waals surface area contributed by atoms with E-state index >= 15 is 0 Å². The third-order valence-electron chi connectivity index (χ3n) is 4.18. The normalized spacial score (nSPS) is 10.9. The number of carbonyl (C=O) groups is 1. The smallest absolute Gasteiger partial charge is 0.276 e. The van der Waals surface area contributed by atoms with E-state index in [1.165, 1.54) is 30.2 Å². The van der Waals surface area contributed by atoms with Crippen molar-refractivity contribution in [2.75, 3.05) is 5.32 Å². The summed E-state index contributed by atoms with van der Waals surface area (Å²) < 4.78 is 1.61. The standard InChI is InChI=1S/C19H12N8OS/c28-18(17-8-23-11-27(17)13-5-21-10-22-6-13)26-19-25-16(9-29-19)14-2-1-12-3-4-20-7-15(12)24-14/h1-11H,(H,25,26,28). The molecule has 0 aliphatic heterocycles. The Morgan fingerprint density at radius 1 is 0.931 bits per heavy atom. The highest BCUT2D eigenvalue weighted by Crippen LogP contribution is 2.25. The van der Waals surface area contributed by atoms with Crippen molar-refractivity contribution in [3.63, 3.8) is 0 Å². The first-order valence-electron chi connectivity index (χ1n) is 8.54. The van der Waals surface area contributed by atoms with E-state index in [4.69, 9.17) is 0 Å². The van der Waals surface area contributed by atoms with Crippen LogP contribution in [0.1, 0.15) is 10.5 Å². The SMILES string of the molecule is O=C(Nc1nc(-c2ccc3ccncc3n2)cs1)c1cncn1-c1cncnc1. The molecular formula is C19H12N8OS. The molecule has 0 saturated carbocycles. The van der Waals surface area contributed by atoms with E-state index in [1.807, 2.05) is 23.6 Å². The number of amides is 1. The average molecular weight is 400 g/mol. The van der Waals surface area contributed by atoms with Crippen molar-refractivity contribution in [3.05, 3.63) is 72.9 Å². The summed E-state index contributed by atoms with van der Waals surface area (Å²) in [5.74, 6) is -0.331. The number of aromatic nitrogens is 7. The molecular weight excluding hydrogens is 388 g/mol. The van der Waals surface area contributed by atoms with E-state index in [1.54, 1.807) is 29.4 Å². The number of nitrogens with one attached hydrogen (secondary N) is 1. The number of hydrogen-bond donors (Lipinski definition) is 1. The van der Waals surface area contributed by atoms with Crippen LogP contribution in [0.4, 0.5) is 5.13 Å². The number of hydrogen-bond acceptors (Lipinski definition) is 8. The third kappa shape index (κ3) is 3.32. The Labute approximate surface area is 168 Å². The first-order valence-corrected chi connectivity index (χ1v) is 9.42. The molecule has 0 aliphatic rings. The molecule has 9 nitrogen and oxygen atoms in total. The molecule has 0 aromatic carbocycles. The van der Waals surface area contributed by atoms with Gasteiger partial charge in [-0.3, -0.25) is 19.7 Å². The van der Waals surface area contributed by atoms with E-state index in [9.17, 15) is 4.79 Å². The van der Waals surface area contributed by atoms with Crippen molar-refractivity contribution in [3.8, 4) is 17.1 Å². The molecule has 0 saturated heterocycles. The Morgan fingerprint density at radius 2 is 1.83 bits per heavy atom. The van der Waals surface area contributed by atoms with Gasteiger partial charge in [-0.2, -0.15) is 0 Å². The van der Waals surface area contributed by atoms with Gasteiger partial charge in [0, 0.05) is 17.0 Å². The molecule has 10 heteroatoms. The summed E-state index contributed by atoms with van der Waals surface area (Å²) in [6, 6.07) is 5.77. The molecule has 5 aromatic heterocycles. The van der Waals surface area contributed by atoms with Crippen LogP contribution < -0.4 is 5.32 Å². The molecule has 0 atom stereocenters. The van der Waals surface area contributed by atoms with Crippen LogP contribution in [-0.4, -0.2) is 40.4 Å². The summed E-state index contributed by atoms with van der Waals surface area (Å²) in [7, 11) is 0. The maximum atomic E-state index is 12.7. The second kappa shape index (κ2) is 7.17. The van der Waals surface area contributed by atoms with Crippen LogP contribution in [0.3, 0.4) is 0 Å². The van der Waals surface area contributed by atoms with Gasteiger partial charge in [0.1, 0.15) is 17.7 Å². The molecule has 1 N–H and O–H groups in total. The summed E-state index contributed by atoms with van der Waals surface area (Å²) in [5, 5.41) is 6.13. The van der Waals surface area contributed by atoms with E-state index in [2.05, 4.69) is 35.2 Å². The van der Waals surface area contributed by atoms with Crippen molar-refractivity contribution in [2.24, 2.45) is 0 Å². The maximum Gasteiger partial charge on any atom is 0.276 e. The lowest BCUT2D eigenvalue weighted by Crippen LogP contribution is -2.16. The second-order valence-corrected chi connectivity index (χ2v) is 6.86. The summed E-state index contributed by atoms with van der Waals surface area (Å²) >= 11 is 1.32. The van der Waals surface area contributed by atoms with Crippen LogP contribution >= 0.6 is 11.3 Å². The average Bonchev–Trinajstić information content (AvgIpc) is 3.44. The van der Waals surface area contributed by atoms with Crippen LogP contribution in [0.25, 0.3) is 28.0 Å². The minimum Gasteiger partial charge on any atom is -0.296 e. The van der Waals surface area contributed by atoms with Crippen LogP contribution in [-0.2, 0) is 0 Å². The Bertz CT molecular complexity index is 1310. The number of thiazole rings is 1. The number of nitrogens with zero attached hydrogens (tertiary/aromatic N) is 7.